The molecular formula is C26H27F4N7O3. The van der Waals surface area contributed by atoms with E-state index >= 15 is 0 Å². The zero-order valence-electron chi connectivity index (χ0n) is 21.9. The number of nitrogens with one attached hydrogen (secondary N) is 1. The Kier molecular flexibility index (Phi) is 8.90. The van der Waals surface area contributed by atoms with Crippen LogP contribution in [0.1, 0.15) is 48.9 Å². The van der Waals surface area contributed by atoms with Crippen LogP contribution in [0.5, 0.6) is 0 Å². The Morgan fingerprint density at radius 3 is 2.45 bits per heavy atom. The van der Waals surface area contributed by atoms with E-state index in [2.05, 4.69) is 20.3 Å². The molecule has 0 atom stereocenters. The first-order valence-corrected chi connectivity index (χ1v) is 12.7. The van der Waals surface area contributed by atoms with Gasteiger partial charge in [0.05, 0.1) is 11.0 Å². The maximum absolute atomic E-state index is 14.6. The van der Waals surface area contributed by atoms with Gasteiger partial charge in [0.1, 0.15) is 11.3 Å². The summed E-state index contributed by atoms with van der Waals surface area (Å²) in [5, 5.41) is 4.85. The first-order chi connectivity index (χ1) is 19.2. The monoisotopic (exact) mass is 561 g/mol. The van der Waals surface area contributed by atoms with Crippen LogP contribution in [0.25, 0.3) is 21.5 Å². The number of carbonyl (C=O) groups excluding carboxylic acids is 2. The number of imidazole rings is 1. The normalized spacial score (nSPS) is 13.8. The number of aromatic nitrogens is 2. The predicted octanol–water partition coefficient (Wildman–Crippen LogP) is 6.37. The number of fused-ring (bicyclic) bond motifs is 1. The Balaban J connectivity index is 1.70. The standard InChI is InChI=1S/C26H27F4N7O3/c1-36(25(39)14-7-4-3-5-8-14)15-9-10-17-16(13-15)32-26(37(17)11-6-12-40-2)33-24(38)18-19(27)21(29)23(34-35-31)22(30)20(18)28/h9-10,13-14H,3-8,11-12H2,1-2H3,(H,32,33,38). The summed E-state index contributed by atoms with van der Waals surface area (Å²) in [7, 11) is 3.18. The lowest BCUT2D eigenvalue weighted by Crippen LogP contribution is -2.33. The number of halogens is 4. The van der Waals surface area contributed by atoms with E-state index in [4.69, 9.17) is 10.3 Å². The molecule has 1 N–H and O–H groups in total. The van der Waals surface area contributed by atoms with E-state index in [0.29, 0.717) is 29.7 Å². The molecule has 0 unspecified atom stereocenters. The van der Waals surface area contributed by atoms with Crippen LogP contribution in [0.4, 0.5) is 34.9 Å². The van der Waals surface area contributed by atoms with Gasteiger partial charge in [-0.1, -0.05) is 24.4 Å². The summed E-state index contributed by atoms with van der Waals surface area (Å²) in [6, 6.07) is 5.06. The number of azide groups is 1. The highest BCUT2D eigenvalue weighted by molar-refractivity contribution is 6.05. The van der Waals surface area contributed by atoms with Crippen molar-refractivity contribution in [2.45, 2.75) is 45.1 Å². The van der Waals surface area contributed by atoms with Crippen LogP contribution >= 0.6 is 0 Å². The molecule has 0 spiro atoms. The number of hydrogen-bond donors (Lipinski definition) is 1. The smallest absolute Gasteiger partial charge is 0.264 e. The van der Waals surface area contributed by atoms with Gasteiger partial charge in [-0.15, -0.1) is 0 Å². The first-order valence-electron chi connectivity index (χ1n) is 12.7. The van der Waals surface area contributed by atoms with Crippen molar-refractivity contribution in [2.24, 2.45) is 11.0 Å². The van der Waals surface area contributed by atoms with Gasteiger partial charge in [-0.25, -0.2) is 22.5 Å². The van der Waals surface area contributed by atoms with Crippen LogP contribution < -0.4 is 10.2 Å². The van der Waals surface area contributed by atoms with Crippen molar-refractivity contribution in [3.8, 4) is 0 Å². The van der Waals surface area contributed by atoms with Gasteiger partial charge in [-0.2, -0.15) is 0 Å². The molecule has 212 valence electrons. The summed E-state index contributed by atoms with van der Waals surface area (Å²) in [4.78, 5) is 34.0. The quantitative estimate of drug-likeness (QED) is 0.0814. The van der Waals surface area contributed by atoms with Crippen LogP contribution in [0, 0.1) is 29.2 Å². The number of hydrogen-bond acceptors (Lipinski definition) is 5. The number of nitrogens with zero attached hydrogens (tertiary/aromatic N) is 6. The Labute approximate surface area is 226 Å². The lowest BCUT2D eigenvalue weighted by molar-refractivity contribution is -0.123. The van der Waals surface area contributed by atoms with Gasteiger partial charge in [-0.05, 0) is 43.0 Å². The van der Waals surface area contributed by atoms with Gasteiger partial charge in [0.25, 0.3) is 5.91 Å². The second kappa shape index (κ2) is 12.3. The average Bonchev–Trinajstić information content (AvgIpc) is 3.30. The molecule has 1 aromatic heterocycles. The third-order valence-corrected chi connectivity index (χ3v) is 6.97. The Hall–Kier alpha value is -4.16. The molecule has 40 heavy (non-hydrogen) atoms. The van der Waals surface area contributed by atoms with E-state index in [1.54, 1.807) is 34.7 Å². The molecule has 2 amide bonds. The van der Waals surface area contributed by atoms with E-state index in [0.717, 1.165) is 32.1 Å². The SMILES string of the molecule is COCCCn1c(NC(=O)c2c(F)c(F)c(N=[N+]=[N-])c(F)c2F)nc2cc(N(C)C(=O)C3CCCCC3)ccc21. The summed E-state index contributed by atoms with van der Waals surface area (Å²) in [5.41, 5.74) is 6.82. The molecule has 1 aliphatic carbocycles. The predicted molar refractivity (Wildman–Crippen MR) is 139 cm³/mol. The topological polar surface area (TPSA) is 125 Å². The van der Waals surface area contributed by atoms with Gasteiger partial charge in [0.2, 0.25) is 11.9 Å². The minimum Gasteiger partial charge on any atom is -0.385 e. The summed E-state index contributed by atoms with van der Waals surface area (Å²) >= 11 is 0. The molecule has 10 nitrogen and oxygen atoms in total. The van der Waals surface area contributed by atoms with Gasteiger partial charge >= 0.3 is 0 Å². The minimum absolute atomic E-state index is 0.00807. The van der Waals surface area contributed by atoms with Crippen LogP contribution in [0.3, 0.4) is 0 Å². The number of carbonyl (C=O) groups is 2. The number of anilines is 2. The largest absolute Gasteiger partial charge is 0.385 e. The lowest BCUT2D eigenvalue weighted by atomic mass is 9.88. The van der Waals surface area contributed by atoms with Crippen molar-refractivity contribution >= 4 is 40.2 Å². The van der Waals surface area contributed by atoms with Gasteiger partial charge in [0.15, 0.2) is 23.3 Å². The third kappa shape index (κ3) is 5.58. The highest BCUT2D eigenvalue weighted by Crippen LogP contribution is 2.32. The van der Waals surface area contributed by atoms with Crippen molar-refractivity contribution in [3.05, 3.63) is 57.5 Å². The molecule has 3 aromatic rings. The Morgan fingerprint density at radius 1 is 1.15 bits per heavy atom. The fourth-order valence-corrected chi connectivity index (χ4v) is 4.88. The molecule has 0 radical (unpaired) electrons. The molecule has 1 saturated carbocycles. The molecule has 0 bridgehead atoms. The van der Waals surface area contributed by atoms with E-state index in [9.17, 15) is 27.2 Å². The molecule has 0 saturated heterocycles. The number of ether oxygens (including phenoxy) is 1. The van der Waals surface area contributed by atoms with Crippen molar-refractivity contribution in [1.82, 2.24) is 9.55 Å². The Bertz CT molecular complexity index is 1470. The summed E-state index contributed by atoms with van der Waals surface area (Å²) < 4.78 is 64.4. The number of methoxy groups -OCH3 is 1. The van der Waals surface area contributed by atoms with Crippen LogP contribution in [0.15, 0.2) is 23.3 Å². The third-order valence-electron chi connectivity index (χ3n) is 6.97. The second-order valence-electron chi connectivity index (χ2n) is 9.46. The van der Waals surface area contributed by atoms with E-state index in [1.807, 2.05) is 0 Å². The Morgan fingerprint density at radius 2 is 1.82 bits per heavy atom. The molecule has 1 fully saturated rings. The number of rotatable bonds is 9. The van der Waals surface area contributed by atoms with Crippen LogP contribution in [-0.2, 0) is 16.1 Å². The number of amides is 2. The van der Waals surface area contributed by atoms with Crippen molar-refractivity contribution in [1.29, 1.82) is 0 Å². The molecule has 4 rings (SSSR count). The summed E-state index contributed by atoms with van der Waals surface area (Å²) in [5.74, 6) is -9.78. The van der Waals surface area contributed by atoms with Gasteiger partial charge in [-0.3, -0.25) is 14.9 Å². The number of benzene rings is 2. The van der Waals surface area contributed by atoms with E-state index in [-0.39, 0.29) is 24.3 Å². The average molecular weight is 562 g/mol. The maximum atomic E-state index is 14.6. The fraction of sp³-hybridized carbons (Fsp3) is 0.423. The first kappa shape index (κ1) is 28.8. The van der Waals surface area contributed by atoms with Crippen molar-refractivity contribution in [3.63, 3.8) is 0 Å². The zero-order chi connectivity index (χ0) is 29.0. The summed E-state index contributed by atoms with van der Waals surface area (Å²) in [6.07, 6.45) is 5.24. The van der Waals surface area contributed by atoms with Gasteiger partial charge < -0.3 is 14.2 Å². The minimum atomic E-state index is -2.02. The van der Waals surface area contributed by atoms with Crippen LogP contribution in [-0.4, -0.2) is 42.1 Å². The maximum Gasteiger partial charge on any atom is 0.264 e. The van der Waals surface area contributed by atoms with Crippen LogP contribution in [0.2, 0.25) is 0 Å². The highest BCUT2D eigenvalue weighted by atomic mass is 19.2. The molecule has 2 aromatic carbocycles. The van der Waals surface area contributed by atoms with E-state index in [1.165, 1.54) is 7.11 Å². The lowest BCUT2D eigenvalue weighted by Gasteiger charge is -2.26. The molecule has 14 heteroatoms. The summed E-state index contributed by atoms with van der Waals surface area (Å²) in [6.45, 7) is 0.615. The van der Waals surface area contributed by atoms with Crippen molar-refractivity contribution in [2.75, 3.05) is 31.0 Å². The second-order valence-corrected chi connectivity index (χ2v) is 9.46. The molecule has 0 aliphatic heterocycles. The molecular weight excluding hydrogens is 534 g/mol. The fourth-order valence-electron chi connectivity index (χ4n) is 4.88. The van der Waals surface area contributed by atoms with Gasteiger partial charge in [0, 0.05) is 43.8 Å². The highest BCUT2D eigenvalue weighted by Gasteiger charge is 2.30. The van der Waals surface area contributed by atoms with E-state index < -0.39 is 40.4 Å². The molecule has 1 heterocycles. The number of aryl methyl sites for hydroxylation is 1. The van der Waals surface area contributed by atoms with Crippen molar-refractivity contribution < 1.29 is 31.9 Å². The molecule has 1 aliphatic rings. The zero-order valence-corrected chi connectivity index (χ0v) is 21.9.